The number of aromatic amines is 1. The summed E-state index contributed by atoms with van der Waals surface area (Å²) in [5.74, 6) is 2.06. The summed E-state index contributed by atoms with van der Waals surface area (Å²) in [7, 11) is 1.63. The van der Waals surface area contributed by atoms with Gasteiger partial charge in [-0.2, -0.15) is 10.1 Å². The second-order valence-corrected chi connectivity index (χ2v) is 9.98. The van der Waals surface area contributed by atoms with Crippen molar-refractivity contribution in [3.05, 3.63) is 35.8 Å². The van der Waals surface area contributed by atoms with E-state index in [1.165, 1.54) is 0 Å². The summed E-state index contributed by atoms with van der Waals surface area (Å²) in [6, 6.07) is 6.65. The van der Waals surface area contributed by atoms with Gasteiger partial charge in [-0.15, -0.1) is 0 Å². The van der Waals surface area contributed by atoms with E-state index < -0.39 is 0 Å². The largest absolute Gasteiger partial charge is 0.481 e. The van der Waals surface area contributed by atoms with Crippen LogP contribution in [0.1, 0.15) is 37.2 Å². The number of hydrogen-bond acceptors (Lipinski definition) is 8. The quantitative estimate of drug-likeness (QED) is 0.426. The first-order valence-electron chi connectivity index (χ1n) is 13.1. The number of H-pyrrole nitrogens is 1. The Hall–Kier alpha value is -3.50. The van der Waals surface area contributed by atoms with E-state index in [1.807, 2.05) is 18.3 Å². The summed E-state index contributed by atoms with van der Waals surface area (Å²) in [5, 5.41) is 9.41. The van der Waals surface area contributed by atoms with Crippen LogP contribution in [0.4, 0.5) is 5.82 Å². The van der Waals surface area contributed by atoms with E-state index in [0.717, 1.165) is 77.5 Å². The maximum Gasteiger partial charge on any atom is 0.215 e. The Balaban J connectivity index is 1.54. The fourth-order valence-electron chi connectivity index (χ4n) is 5.64. The molecule has 2 aliphatic rings. The number of hydrogen-bond donors (Lipinski definition) is 2. The minimum absolute atomic E-state index is 0.211. The Morgan fingerprint density at radius 3 is 2.73 bits per heavy atom. The van der Waals surface area contributed by atoms with Crippen LogP contribution in [0.25, 0.3) is 33.7 Å². The maximum absolute atomic E-state index is 5.72. The average molecular weight is 503 g/mol. The molecule has 6 heterocycles. The lowest BCUT2D eigenvalue weighted by Crippen LogP contribution is -2.44. The molecule has 0 bridgehead atoms. The number of ether oxygens (including phenoxy) is 2. The molecule has 37 heavy (non-hydrogen) atoms. The molecule has 0 aliphatic carbocycles. The Morgan fingerprint density at radius 2 is 1.95 bits per heavy atom. The van der Waals surface area contributed by atoms with E-state index in [0.29, 0.717) is 31.0 Å². The van der Waals surface area contributed by atoms with Gasteiger partial charge in [0.25, 0.3) is 0 Å². The Labute approximate surface area is 216 Å². The molecular weight excluding hydrogens is 468 g/mol. The molecule has 2 saturated heterocycles. The lowest BCUT2D eigenvalue weighted by atomic mass is 10.1. The van der Waals surface area contributed by atoms with E-state index in [2.05, 4.69) is 51.7 Å². The highest BCUT2D eigenvalue weighted by Gasteiger charge is 2.26. The van der Waals surface area contributed by atoms with Crippen LogP contribution in [0.2, 0.25) is 0 Å². The summed E-state index contributed by atoms with van der Waals surface area (Å²) < 4.78 is 13.4. The normalized spacial score (nSPS) is 19.0. The molecular formula is C27H34N8O2. The fourth-order valence-corrected chi connectivity index (χ4v) is 5.64. The van der Waals surface area contributed by atoms with Crippen LogP contribution in [-0.4, -0.2) is 75.7 Å². The van der Waals surface area contributed by atoms with Crippen molar-refractivity contribution >= 4 is 16.9 Å². The van der Waals surface area contributed by atoms with Gasteiger partial charge in [-0.1, -0.05) is 0 Å². The SMILES string of the molecule is COc1cc(-c2nc(-c3c(C)nn(C4CCNCC4)c3C)cc(N3CCOC[C@H]3C)n2)c2cc[nH]c2n1. The number of methoxy groups -OCH3 is 1. The summed E-state index contributed by atoms with van der Waals surface area (Å²) in [5.41, 5.74) is 5.72. The van der Waals surface area contributed by atoms with Gasteiger partial charge in [0.2, 0.25) is 5.88 Å². The first-order valence-corrected chi connectivity index (χ1v) is 13.1. The number of piperidine rings is 1. The van der Waals surface area contributed by atoms with Crippen LogP contribution in [0.5, 0.6) is 5.88 Å². The van der Waals surface area contributed by atoms with E-state index in [9.17, 15) is 0 Å². The third-order valence-corrected chi connectivity index (χ3v) is 7.57. The molecule has 4 aromatic rings. The number of pyridine rings is 1. The van der Waals surface area contributed by atoms with Crippen LogP contribution in [-0.2, 0) is 4.74 Å². The average Bonchev–Trinajstić information content (AvgIpc) is 3.52. The van der Waals surface area contributed by atoms with E-state index in [-0.39, 0.29) is 6.04 Å². The van der Waals surface area contributed by atoms with Crippen molar-refractivity contribution in [1.29, 1.82) is 0 Å². The second-order valence-electron chi connectivity index (χ2n) is 9.98. The van der Waals surface area contributed by atoms with E-state index in [4.69, 9.17) is 24.5 Å². The number of aryl methyl sites for hydroxylation is 1. The number of nitrogens with one attached hydrogen (secondary N) is 2. The van der Waals surface area contributed by atoms with Crippen LogP contribution < -0.4 is 15.0 Å². The van der Waals surface area contributed by atoms with Crippen molar-refractivity contribution in [3.8, 4) is 28.5 Å². The molecule has 2 fully saturated rings. The van der Waals surface area contributed by atoms with Crippen LogP contribution in [0.3, 0.4) is 0 Å². The van der Waals surface area contributed by atoms with Crippen molar-refractivity contribution in [2.45, 2.75) is 45.7 Å². The number of morpholine rings is 1. The van der Waals surface area contributed by atoms with Gasteiger partial charge >= 0.3 is 0 Å². The number of fused-ring (bicyclic) bond motifs is 1. The standard InChI is InChI=1S/C27H34N8O2/c1-16-15-37-12-11-34(16)23-14-22(25-17(2)33-35(18(25)3)19-5-8-28-9-6-19)30-27(31-23)21-13-24(36-4)32-26-20(21)7-10-29-26/h7,10,13-14,16,19,28H,5-6,8-9,11-12,15H2,1-4H3,(H,29,32)/t16-/m1/s1. The van der Waals surface area contributed by atoms with Gasteiger partial charge in [0.05, 0.1) is 43.8 Å². The van der Waals surface area contributed by atoms with Crippen molar-refractivity contribution in [3.63, 3.8) is 0 Å². The van der Waals surface area contributed by atoms with Gasteiger partial charge in [0.1, 0.15) is 11.5 Å². The molecule has 2 aliphatic heterocycles. The Kier molecular flexibility index (Phi) is 6.29. The summed E-state index contributed by atoms with van der Waals surface area (Å²) in [6.07, 6.45) is 4.04. The predicted octanol–water partition coefficient (Wildman–Crippen LogP) is 3.66. The molecule has 10 nitrogen and oxygen atoms in total. The van der Waals surface area contributed by atoms with Gasteiger partial charge in [-0.25, -0.2) is 9.97 Å². The molecule has 10 heteroatoms. The number of aromatic nitrogens is 6. The maximum atomic E-state index is 5.72. The Bertz CT molecular complexity index is 1420. The summed E-state index contributed by atoms with van der Waals surface area (Å²) >= 11 is 0. The molecule has 4 aromatic heterocycles. The van der Waals surface area contributed by atoms with Crippen LogP contribution in [0, 0.1) is 13.8 Å². The number of nitrogens with zero attached hydrogens (tertiary/aromatic N) is 6. The fraction of sp³-hybridized carbons (Fsp3) is 0.481. The monoisotopic (exact) mass is 502 g/mol. The van der Waals surface area contributed by atoms with E-state index >= 15 is 0 Å². The first-order chi connectivity index (χ1) is 18.0. The predicted molar refractivity (Wildman–Crippen MR) is 143 cm³/mol. The molecule has 0 saturated carbocycles. The molecule has 1 atom stereocenters. The van der Waals surface area contributed by atoms with E-state index in [1.54, 1.807) is 7.11 Å². The molecule has 0 radical (unpaired) electrons. The second kappa shape index (κ2) is 9.75. The zero-order chi connectivity index (χ0) is 25.5. The molecule has 194 valence electrons. The zero-order valence-electron chi connectivity index (χ0n) is 21.9. The lowest BCUT2D eigenvalue weighted by molar-refractivity contribution is 0.0985. The zero-order valence-corrected chi connectivity index (χ0v) is 21.9. The van der Waals surface area contributed by atoms with Crippen molar-refractivity contribution in [2.24, 2.45) is 0 Å². The highest BCUT2D eigenvalue weighted by Crippen LogP contribution is 2.35. The van der Waals surface area contributed by atoms with Crippen molar-refractivity contribution < 1.29 is 9.47 Å². The number of rotatable bonds is 5. The molecule has 0 unspecified atom stereocenters. The molecule has 0 spiro atoms. The smallest absolute Gasteiger partial charge is 0.215 e. The van der Waals surface area contributed by atoms with Crippen LogP contribution in [0.15, 0.2) is 24.4 Å². The molecule has 6 rings (SSSR count). The highest BCUT2D eigenvalue weighted by molar-refractivity contribution is 5.92. The first kappa shape index (κ1) is 23.9. The topological polar surface area (TPSA) is 106 Å². The van der Waals surface area contributed by atoms with Crippen molar-refractivity contribution in [2.75, 3.05) is 44.9 Å². The minimum atomic E-state index is 0.211. The minimum Gasteiger partial charge on any atom is -0.481 e. The third kappa shape index (κ3) is 4.34. The summed E-state index contributed by atoms with van der Waals surface area (Å²) in [4.78, 5) is 20.3. The number of anilines is 1. The van der Waals surface area contributed by atoms with Gasteiger partial charge in [-0.3, -0.25) is 4.68 Å². The van der Waals surface area contributed by atoms with Gasteiger partial charge < -0.3 is 24.7 Å². The van der Waals surface area contributed by atoms with Gasteiger partial charge in [0.15, 0.2) is 5.82 Å². The Morgan fingerprint density at radius 1 is 1.11 bits per heavy atom. The highest BCUT2D eigenvalue weighted by atomic mass is 16.5. The molecule has 0 aromatic carbocycles. The van der Waals surface area contributed by atoms with Gasteiger partial charge in [-0.05, 0) is 52.8 Å². The molecule has 2 N–H and O–H groups in total. The lowest BCUT2D eigenvalue weighted by Gasteiger charge is -2.34. The third-order valence-electron chi connectivity index (χ3n) is 7.57. The summed E-state index contributed by atoms with van der Waals surface area (Å²) in [6.45, 7) is 10.6. The molecule has 0 amide bonds. The van der Waals surface area contributed by atoms with Crippen LogP contribution >= 0.6 is 0 Å². The van der Waals surface area contributed by atoms with Gasteiger partial charge in [0, 0.05) is 47.1 Å². The van der Waals surface area contributed by atoms with Crippen molar-refractivity contribution in [1.82, 2.24) is 35.0 Å².